The van der Waals surface area contributed by atoms with Crippen molar-refractivity contribution >= 4 is 54.0 Å². The van der Waals surface area contributed by atoms with E-state index in [0.717, 1.165) is 38.1 Å². The van der Waals surface area contributed by atoms with E-state index in [2.05, 4.69) is 46.3 Å². The second kappa shape index (κ2) is 9.59. The van der Waals surface area contributed by atoms with E-state index >= 15 is 0 Å². The van der Waals surface area contributed by atoms with Crippen molar-refractivity contribution in [2.75, 3.05) is 7.11 Å². The summed E-state index contributed by atoms with van der Waals surface area (Å²) < 4.78 is 30.7. The molecule has 0 fully saturated rings. The lowest BCUT2D eigenvalue weighted by Gasteiger charge is -2.15. The van der Waals surface area contributed by atoms with Crippen LogP contribution >= 0.6 is 0 Å². The molecule has 0 aromatic heterocycles. The smallest absolute Gasteiger partial charge is 0.305 e. The Labute approximate surface area is 210 Å². The minimum Gasteiger partial charge on any atom is -0.469 e. The number of methoxy groups -OCH3 is 1. The van der Waals surface area contributed by atoms with Crippen LogP contribution in [0.2, 0.25) is 0 Å². The van der Waals surface area contributed by atoms with Crippen LogP contribution in [0.1, 0.15) is 30.4 Å². The van der Waals surface area contributed by atoms with Gasteiger partial charge in [-0.15, -0.1) is 0 Å². The molecular weight excluding hydrogens is 472 g/mol. The third-order valence-corrected chi connectivity index (χ3v) is 7.72. The Balaban J connectivity index is 1.61. The number of nitrogens with zero attached hydrogens (tertiary/aromatic N) is 1. The van der Waals surface area contributed by atoms with Crippen molar-refractivity contribution in [1.29, 1.82) is 0 Å². The van der Waals surface area contributed by atoms with Gasteiger partial charge in [-0.3, -0.25) is 4.79 Å². The Bertz CT molecular complexity index is 1690. The molecule has 6 nitrogen and oxygen atoms in total. The van der Waals surface area contributed by atoms with Crippen molar-refractivity contribution in [3.05, 3.63) is 90.0 Å². The zero-order valence-corrected chi connectivity index (χ0v) is 20.9. The van der Waals surface area contributed by atoms with Crippen LogP contribution < -0.4 is 4.83 Å². The number of rotatable bonds is 8. The Kier molecular flexibility index (Phi) is 6.33. The number of aryl methyl sites for hydroxylation is 1. The molecule has 0 amide bonds. The molecule has 0 saturated carbocycles. The van der Waals surface area contributed by atoms with Gasteiger partial charge >= 0.3 is 5.97 Å². The Morgan fingerprint density at radius 2 is 1.47 bits per heavy atom. The average Bonchev–Trinajstić information content (AvgIpc) is 2.89. The van der Waals surface area contributed by atoms with Crippen LogP contribution in [0.5, 0.6) is 0 Å². The summed E-state index contributed by atoms with van der Waals surface area (Å²) in [5, 5.41) is 11.1. The molecule has 0 bridgehead atoms. The second-order valence-electron chi connectivity index (χ2n) is 8.87. The molecule has 0 atom stereocenters. The maximum absolute atomic E-state index is 13.0. The van der Waals surface area contributed by atoms with E-state index in [1.165, 1.54) is 12.5 Å². The molecule has 1 N–H and O–H groups in total. The molecule has 0 aliphatic carbocycles. The Morgan fingerprint density at radius 3 is 2.17 bits per heavy atom. The van der Waals surface area contributed by atoms with Gasteiger partial charge in [-0.25, -0.2) is 0 Å². The molecule has 36 heavy (non-hydrogen) atoms. The van der Waals surface area contributed by atoms with Crippen molar-refractivity contribution in [1.82, 2.24) is 4.83 Å². The zero-order chi connectivity index (χ0) is 25.3. The van der Waals surface area contributed by atoms with Crippen LogP contribution in [-0.4, -0.2) is 27.2 Å². The maximum atomic E-state index is 13.0. The molecule has 5 aromatic carbocycles. The summed E-state index contributed by atoms with van der Waals surface area (Å²) in [5.74, 6) is -0.315. The molecule has 0 aliphatic heterocycles. The van der Waals surface area contributed by atoms with Gasteiger partial charge in [0, 0.05) is 12.0 Å². The SMILES string of the molecule is COC(=O)CCC/C(=N\NS(=O)(=O)c1ccc(C)cc1)c1ccc2ccc3cccc4ccc1c2c34. The average molecular weight is 499 g/mol. The number of benzene rings is 5. The summed E-state index contributed by atoms with van der Waals surface area (Å²) in [5.41, 5.74) is 2.36. The van der Waals surface area contributed by atoms with Gasteiger partial charge in [-0.2, -0.15) is 18.4 Å². The van der Waals surface area contributed by atoms with Crippen LogP contribution in [0.25, 0.3) is 32.3 Å². The maximum Gasteiger partial charge on any atom is 0.305 e. The molecule has 0 saturated heterocycles. The van der Waals surface area contributed by atoms with Crippen molar-refractivity contribution < 1.29 is 17.9 Å². The van der Waals surface area contributed by atoms with E-state index in [4.69, 9.17) is 4.74 Å². The third kappa shape index (κ3) is 4.50. The van der Waals surface area contributed by atoms with Crippen LogP contribution in [0.3, 0.4) is 0 Å². The lowest BCUT2D eigenvalue weighted by Crippen LogP contribution is -2.21. The fourth-order valence-electron chi connectivity index (χ4n) is 4.63. The number of hydrogen-bond acceptors (Lipinski definition) is 5. The van der Waals surface area contributed by atoms with Crippen molar-refractivity contribution in [2.45, 2.75) is 31.1 Å². The molecule has 5 aromatic rings. The number of carbonyl (C=O) groups is 1. The molecular formula is C29H26N2O4S. The van der Waals surface area contributed by atoms with Crippen LogP contribution in [0.4, 0.5) is 0 Å². The highest BCUT2D eigenvalue weighted by Crippen LogP contribution is 2.36. The van der Waals surface area contributed by atoms with Gasteiger partial charge in [-0.05, 0) is 64.2 Å². The Hall–Kier alpha value is -3.97. The van der Waals surface area contributed by atoms with E-state index in [9.17, 15) is 13.2 Å². The summed E-state index contributed by atoms with van der Waals surface area (Å²) in [4.78, 5) is 14.3. The first-order valence-corrected chi connectivity index (χ1v) is 13.2. The number of hydrazone groups is 1. The minimum absolute atomic E-state index is 0.140. The van der Waals surface area contributed by atoms with E-state index in [-0.39, 0.29) is 17.3 Å². The number of ether oxygens (including phenoxy) is 1. The topological polar surface area (TPSA) is 84.8 Å². The van der Waals surface area contributed by atoms with Crippen molar-refractivity contribution in [2.24, 2.45) is 5.10 Å². The van der Waals surface area contributed by atoms with E-state index in [0.29, 0.717) is 18.6 Å². The predicted molar refractivity (Wildman–Crippen MR) is 144 cm³/mol. The summed E-state index contributed by atoms with van der Waals surface area (Å²) in [6.45, 7) is 1.90. The molecule has 7 heteroatoms. The fourth-order valence-corrected chi connectivity index (χ4v) is 5.46. The lowest BCUT2D eigenvalue weighted by molar-refractivity contribution is -0.140. The highest BCUT2D eigenvalue weighted by Gasteiger charge is 2.17. The van der Waals surface area contributed by atoms with Gasteiger partial charge in [0.2, 0.25) is 0 Å². The molecule has 0 spiro atoms. The first-order valence-electron chi connectivity index (χ1n) is 11.8. The van der Waals surface area contributed by atoms with Gasteiger partial charge in [0.15, 0.2) is 0 Å². The molecule has 0 unspecified atom stereocenters. The van der Waals surface area contributed by atoms with Crippen LogP contribution in [0.15, 0.2) is 88.9 Å². The van der Waals surface area contributed by atoms with E-state index in [1.54, 1.807) is 24.3 Å². The van der Waals surface area contributed by atoms with Crippen LogP contribution in [-0.2, 0) is 19.6 Å². The van der Waals surface area contributed by atoms with Crippen molar-refractivity contribution in [3.8, 4) is 0 Å². The normalized spacial score (nSPS) is 12.4. The lowest BCUT2D eigenvalue weighted by atomic mass is 9.90. The largest absolute Gasteiger partial charge is 0.469 e. The first-order chi connectivity index (χ1) is 17.4. The third-order valence-electron chi connectivity index (χ3n) is 6.49. The zero-order valence-electron chi connectivity index (χ0n) is 20.1. The number of sulfonamides is 1. The minimum atomic E-state index is -3.86. The highest BCUT2D eigenvalue weighted by molar-refractivity contribution is 7.89. The monoisotopic (exact) mass is 498 g/mol. The molecule has 0 aliphatic rings. The summed E-state index contributed by atoms with van der Waals surface area (Å²) in [6.07, 6.45) is 1.08. The Morgan fingerprint density at radius 1 is 0.833 bits per heavy atom. The van der Waals surface area contributed by atoms with Gasteiger partial charge < -0.3 is 4.74 Å². The van der Waals surface area contributed by atoms with E-state index < -0.39 is 10.0 Å². The fraction of sp³-hybridized carbons (Fsp3) is 0.172. The summed E-state index contributed by atoms with van der Waals surface area (Å²) in [7, 11) is -2.50. The molecule has 182 valence electrons. The van der Waals surface area contributed by atoms with Gasteiger partial charge in [0.05, 0.1) is 17.7 Å². The summed E-state index contributed by atoms with van der Waals surface area (Å²) >= 11 is 0. The van der Waals surface area contributed by atoms with E-state index in [1.807, 2.05) is 25.1 Å². The molecule has 5 rings (SSSR count). The van der Waals surface area contributed by atoms with Crippen LogP contribution in [0, 0.1) is 6.92 Å². The molecule has 0 heterocycles. The number of hydrogen-bond donors (Lipinski definition) is 1. The number of esters is 1. The number of carbonyl (C=O) groups excluding carboxylic acids is 1. The van der Waals surface area contributed by atoms with Gasteiger partial charge in [0.1, 0.15) is 0 Å². The quantitative estimate of drug-likeness (QED) is 0.125. The van der Waals surface area contributed by atoms with Crippen molar-refractivity contribution in [3.63, 3.8) is 0 Å². The van der Waals surface area contributed by atoms with Gasteiger partial charge in [0.25, 0.3) is 10.0 Å². The standard InChI is InChI=1S/C29H26N2O4S/c1-19-9-15-23(16-10-19)36(33,34)31-30-26(7-4-8-27(32)35-2)24-17-13-22-12-11-20-5-3-6-21-14-18-25(24)29(22)28(20)21/h3,5-6,9-18,31H,4,7-8H2,1-2H3/b30-26+. The predicted octanol–water partition coefficient (Wildman–Crippen LogP) is 5.92. The van der Waals surface area contributed by atoms with Gasteiger partial charge in [-0.1, -0.05) is 72.3 Å². The highest BCUT2D eigenvalue weighted by atomic mass is 32.2. The molecule has 0 radical (unpaired) electrons. The number of nitrogens with one attached hydrogen (secondary N) is 1. The second-order valence-corrected chi connectivity index (χ2v) is 10.5. The summed E-state index contributed by atoms with van der Waals surface area (Å²) in [6, 6.07) is 25.2. The first kappa shape index (κ1) is 23.8.